The topological polar surface area (TPSA) is 64.6 Å². The minimum atomic E-state index is -0.571. The lowest BCUT2D eigenvalue weighted by atomic mass is 10.1. The van der Waals surface area contributed by atoms with E-state index in [1.54, 1.807) is 42.5 Å². The summed E-state index contributed by atoms with van der Waals surface area (Å²) in [5, 5.41) is 2.65. The van der Waals surface area contributed by atoms with Crippen LogP contribution in [-0.2, 0) is 11.2 Å². The molecule has 0 spiro atoms. The molecule has 0 aliphatic carbocycles. The van der Waals surface area contributed by atoms with Crippen LogP contribution in [0.15, 0.2) is 77.3 Å². The molecule has 6 heteroatoms. The zero-order chi connectivity index (χ0) is 20.6. The molecular weight excluding hydrogens is 434 g/mol. The highest BCUT2D eigenvalue weighted by Gasteiger charge is 2.18. The second-order valence-electron chi connectivity index (χ2n) is 6.29. The first-order valence-corrected chi connectivity index (χ1v) is 9.87. The van der Waals surface area contributed by atoms with Crippen LogP contribution < -0.4 is 14.8 Å². The Morgan fingerprint density at radius 2 is 1.66 bits per heavy atom. The maximum absolute atomic E-state index is 12.8. The van der Waals surface area contributed by atoms with Crippen LogP contribution in [-0.4, -0.2) is 18.5 Å². The van der Waals surface area contributed by atoms with E-state index < -0.39 is 5.97 Å². The molecule has 0 aliphatic rings. The molecule has 0 saturated carbocycles. The quantitative estimate of drug-likeness (QED) is 0.391. The predicted molar refractivity (Wildman–Crippen MR) is 115 cm³/mol. The average molecular weight is 454 g/mol. The van der Waals surface area contributed by atoms with Crippen molar-refractivity contribution in [3.8, 4) is 11.5 Å². The third-order valence-electron chi connectivity index (χ3n) is 4.05. The molecule has 0 saturated heterocycles. The van der Waals surface area contributed by atoms with E-state index in [1.807, 2.05) is 30.3 Å². The molecule has 0 radical (unpaired) electrons. The Bertz CT molecular complexity index is 1000. The van der Waals surface area contributed by atoms with Crippen molar-refractivity contribution in [2.45, 2.75) is 13.3 Å². The van der Waals surface area contributed by atoms with Crippen molar-refractivity contribution < 1.29 is 19.1 Å². The summed E-state index contributed by atoms with van der Waals surface area (Å²) in [5.74, 6) is -0.117. The fourth-order valence-electron chi connectivity index (χ4n) is 2.71. The van der Waals surface area contributed by atoms with Crippen LogP contribution in [0.3, 0.4) is 0 Å². The molecule has 148 valence electrons. The molecule has 0 aliphatic heterocycles. The number of amides is 1. The molecule has 3 aromatic rings. The summed E-state index contributed by atoms with van der Waals surface area (Å²) in [6, 6.07) is 21.9. The summed E-state index contributed by atoms with van der Waals surface area (Å²) in [6.07, 6.45) is 0.719. The molecule has 3 rings (SSSR count). The Morgan fingerprint density at radius 3 is 2.41 bits per heavy atom. The molecular formula is C23H20BrNO4. The Balaban J connectivity index is 1.75. The molecule has 1 N–H and O–H groups in total. The molecule has 0 aromatic heterocycles. The SMILES string of the molecule is CC(=O)Nc1ccccc1OC(=O)c1cc(Br)ccc1OCCc1ccccc1. The highest BCUT2D eigenvalue weighted by Crippen LogP contribution is 2.28. The van der Waals surface area contributed by atoms with Gasteiger partial charge in [-0.3, -0.25) is 4.79 Å². The fraction of sp³-hybridized carbons (Fsp3) is 0.130. The number of nitrogens with one attached hydrogen (secondary N) is 1. The van der Waals surface area contributed by atoms with E-state index in [2.05, 4.69) is 21.2 Å². The Morgan fingerprint density at radius 1 is 0.931 bits per heavy atom. The minimum Gasteiger partial charge on any atom is -0.492 e. The van der Waals surface area contributed by atoms with Gasteiger partial charge in [-0.15, -0.1) is 0 Å². The summed E-state index contributed by atoms with van der Waals surface area (Å²) >= 11 is 3.38. The van der Waals surface area contributed by atoms with Crippen LogP contribution in [0.2, 0.25) is 0 Å². The maximum Gasteiger partial charge on any atom is 0.347 e. The molecule has 0 atom stereocenters. The lowest BCUT2D eigenvalue weighted by Gasteiger charge is -2.13. The van der Waals surface area contributed by atoms with Crippen molar-refractivity contribution in [3.05, 3.63) is 88.4 Å². The number of carbonyl (C=O) groups excluding carboxylic acids is 2. The molecule has 5 nitrogen and oxygen atoms in total. The van der Waals surface area contributed by atoms with Gasteiger partial charge >= 0.3 is 5.97 Å². The van der Waals surface area contributed by atoms with Crippen LogP contribution in [0.25, 0.3) is 0 Å². The highest BCUT2D eigenvalue weighted by atomic mass is 79.9. The van der Waals surface area contributed by atoms with Gasteiger partial charge in [-0.25, -0.2) is 4.79 Å². The number of ether oxygens (including phenoxy) is 2. The molecule has 0 fully saturated rings. The smallest absolute Gasteiger partial charge is 0.347 e. The number of hydrogen-bond acceptors (Lipinski definition) is 4. The number of para-hydroxylation sites is 2. The Hall–Kier alpha value is -3.12. The second kappa shape index (κ2) is 9.89. The number of benzene rings is 3. The Kier molecular flexibility index (Phi) is 7.03. The zero-order valence-corrected chi connectivity index (χ0v) is 17.4. The van der Waals surface area contributed by atoms with Gasteiger partial charge in [0, 0.05) is 17.8 Å². The summed E-state index contributed by atoms with van der Waals surface area (Å²) in [4.78, 5) is 24.2. The van der Waals surface area contributed by atoms with Crippen molar-refractivity contribution in [1.82, 2.24) is 0 Å². The van der Waals surface area contributed by atoms with E-state index in [1.165, 1.54) is 6.92 Å². The summed E-state index contributed by atoms with van der Waals surface area (Å²) in [6.45, 7) is 1.82. The Labute approximate surface area is 177 Å². The number of hydrogen-bond donors (Lipinski definition) is 1. The first-order valence-electron chi connectivity index (χ1n) is 9.08. The number of halogens is 1. The van der Waals surface area contributed by atoms with E-state index in [4.69, 9.17) is 9.47 Å². The largest absolute Gasteiger partial charge is 0.492 e. The molecule has 29 heavy (non-hydrogen) atoms. The van der Waals surface area contributed by atoms with Gasteiger partial charge in [0.2, 0.25) is 5.91 Å². The number of anilines is 1. The zero-order valence-electron chi connectivity index (χ0n) is 15.9. The van der Waals surface area contributed by atoms with Gasteiger partial charge in [-0.05, 0) is 35.9 Å². The van der Waals surface area contributed by atoms with Gasteiger partial charge in [-0.1, -0.05) is 58.4 Å². The van der Waals surface area contributed by atoms with E-state index in [-0.39, 0.29) is 11.7 Å². The number of carbonyl (C=O) groups is 2. The average Bonchev–Trinajstić information content (AvgIpc) is 2.71. The predicted octanol–water partition coefficient (Wildman–Crippen LogP) is 5.25. The van der Waals surface area contributed by atoms with Gasteiger partial charge < -0.3 is 14.8 Å². The fourth-order valence-corrected chi connectivity index (χ4v) is 3.08. The van der Waals surface area contributed by atoms with Crippen molar-refractivity contribution >= 4 is 33.5 Å². The van der Waals surface area contributed by atoms with Crippen molar-refractivity contribution in [1.29, 1.82) is 0 Å². The maximum atomic E-state index is 12.8. The van der Waals surface area contributed by atoms with Crippen LogP contribution in [0.4, 0.5) is 5.69 Å². The van der Waals surface area contributed by atoms with Crippen molar-refractivity contribution in [2.24, 2.45) is 0 Å². The lowest BCUT2D eigenvalue weighted by Crippen LogP contribution is -2.14. The van der Waals surface area contributed by atoms with Gasteiger partial charge in [0.25, 0.3) is 0 Å². The minimum absolute atomic E-state index is 0.249. The van der Waals surface area contributed by atoms with Gasteiger partial charge in [0.05, 0.1) is 12.3 Å². The normalized spacial score (nSPS) is 10.3. The molecule has 0 heterocycles. The van der Waals surface area contributed by atoms with Crippen molar-refractivity contribution in [3.63, 3.8) is 0 Å². The highest BCUT2D eigenvalue weighted by molar-refractivity contribution is 9.10. The first kappa shape index (κ1) is 20.6. The van der Waals surface area contributed by atoms with Gasteiger partial charge in [-0.2, -0.15) is 0 Å². The third kappa shape index (κ3) is 5.93. The summed E-state index contributed by atoms with van der Waals surface area (Å²) in [5.41, 5.74) is 1.87. The molecule has 0 unspecified atom stereocenters. The summed E-state index contributed by atoms with van der Waals surface area (Å²) < 4.78 is 12.1. The third-order valence-corrected chi connectivity index (χ3v) is 4.55. The van der Waals surface area contributed by atoms with Crippen LogP contribution in [0.1, 0.15) is 22.8 Å². The molecule has 3 aromatic carbocycles. The van der Waals surface area contributed by atoms with Crippen LogP contribution in [0, 0.1) is 0 Å². The van der Waals surface area contributed by atoms with Gasteiger partial charge in [0.1, 0.15) is 11.3 Å². The standard InChI is InChI=1S/C23H20BrNO4/c1-16(26)25-20-9-5-6-10-22(20)29-23(27)19-15-18(24)11-12-21(19)28-14-13-17-7-3-2-4-8-17/h2-12,15H,13-14H2,1H3,(H,25,26). The monoisotopic (exact) mass is 453 g/mol. The number of esters is 1. The van der Waals surface area contributed by atoms with Crippen LogP contribution in [0.5, 0.6) is 11.5 Å². The van der Waals surface area contributed by atoms with E-state index >= 15 is 0 Å². The number of rotatable bonds is 7. The first-order chi connectivity index (χ1) is 14.0. The van der Waals surface area contributed by atoms with Crippen LogP contribution >= 0.6 is 15.9 Å². The summed E-state index contributed by atoms with van der Waals surface area (Å²) in [7, 11) is 0. The second-order valence-corrected chi connectivity index (χ2v) is 7.21. The van der Waals surface area contributed by atoms with E-state index in [9.17, 15) is 9.59 Å². The van der Waals surface area contributed by atoms with E-state index in [0.717, 1.165) is 16.5 Å². The van der Waals surface area contributed by atoms with Gasteiger partial charge in [0.15, 0.2) is 5.75 Å². The molecule has 0 bridgehead atoms. The lowest BCUT2D eigenvalue weighted by molar-refractivity contribution is -0.114. The van der Waals surface area contributed by atoms with Crippen molar-refractivity contribution in [2.75, 3.05) is 11.9 Å². The van der Waals surface area contributed by atoms with E-state index in [0.29, 0.717) is 23.6 Å². The molecule has 1 amide bonds.